The van der Waals surface area contributed by atoms with Crippen LogP contribution in [0.25, 0.3) is 10.9 Å². The van der Waals surface area contributed by atoms with Gasteiger partial charge in [-0.3, -0.25) is 4.72 Å². The number of ether oxygens (including phenoxy) is 1. The van der Waals surface area contributed by atoms with Crippen molar-refractivity contribution in [3.05, 3.63) is 46.8 Å². The van der Waals surface area contributed by atoms with Gasteiger partial charge >= 0.3 is 0 Å². The van der Waals surface area contributed by atoms with Gasteiger partial charge in [0, 0.05) is 28.2 Å². The lowest BCUT2D eigenvalue weighted by molar-refractivity contribution is 0.416. The molecule has 120 valence electrons. The summed E-state index contributed by atoms with van der Waals surface area (Å²) in [5, 5.41) is 1.24. The summed E-state index contributed by atoms with van der Waals surface area (Å²) in [6.45, 7) is 0. The fourth-order valence-electron chi connectivity index (χ4n) is 2.15. The van der Waals surface area contributed by atoms with E-state index < -0.39 is 10.0 Å². The van der Waals surface area contributed by atoms with Crippen molar-refractivity contribution in [3.63, 3.8) is 0 Å². The summed E-state index contributed by atoms with van der Waals surface area (Å²) in [7, 11) is -2.43. The van der Waals surface area contributed by atoms with Crippen LogP contribution in [0.2, 0.25) is 10.2 Å². The second kappa shape index (κ2) is 5.92. The Hall–Kier alpha value is -1.96. The summed E-state index contributed by atoms with van der Waals surface area (Å²) >= 11 is 11.7. The lowest BCUT2D eigenvalue weighted by atomic mass is 10.2. The number of nitrogens with one attached hydrogen (secondary N) is 2. The molecule has 0 saturated heterocycles. The monoisotopic (exact) mass is 371 g/mol. The third kappa shape index (κ3) is 3.08. The number of pyridine rings is 1. The van der Waals surface area contributed by atoms with Crippen molar-refractivity contribution < 1.29 is 13.2 Å². The number of aromatic nitrogens is 2. The number of rotatable bonds is 4. The Morgan fingerprint density at radius 3 is 2.78 bits per heavy atom. The zero-order chi connectivity index (χ0) is 16.6. The molecule has 2 N–H and O–H groups in total. The summed E-state index contributed by atoms with van der Waals surface area (Å²) in [6, 6.07) is 6.34. The molecule has 0 unspecified atom stereocenters. The number of halogens is 2. The van der Waals surface area contributed by atoms with Crippen LogP contribution in [0.4, 0.5) is 5.69 Å². The topological polar surface area (TPSA) is 84.1 Å². The Kier molecular flexibility index (Phi) is 4.09. The van der Waals surface area contributed by atoms with Crippen molar-refractivity contribution in [2.75, 3.05) is 11.8 Å². The van der Waals surface area contributed by atoms with Gasteiger partial charge in [-0.05, 0) is 18.2 Å². The number of hydrogen-bond donors (Lipinski definition) is 2. The summed E-state index contributed by atoms with van der Waals surface area (Å²) in [4.78, 5) is 6.85. The van der Waals surface area contributed by atoms with E-state index in [4.69, 9.17) is 27.9 Å². The quantitative estimate of drug-likeness (QED) is 0.685. The number of sulfonamides is 1. The SMILES string of the molecule is COc1cc(Cl)ncc1NS(=O)(=O)c1c[nH]c2cc(Cl)ccc12. The molecule has 0 bridgehead atoms. The highest BCUT2D eigenvalue weighted by molar-refractivity contribution is 7.93. The van der Waals surface area contributed by atoms with Crippen LogP contribution in [0, 0.1) is 0 Å². The van der Waals surface area contributed by atoms with Gasteiger partial charge in [0.1, 0.15) is 21.5 Å². The van der Waals surface area contributed by atoms with Crippen LogP contribution in [0.3, 0.4) is 0 Å². The predicted molar refractivity (Wildman–Crippen MR) is 89.9 cm³/mol. The molecule has 2 aromatic heterocycles. The molecular weight excluding hydrogens is 361 g/mol. The lowest BCUT2D eigenvalue weighted by Gasteiger charge is -2.11. The van der Waals surface area contributed by atoms with Crippen molar-refractivity contribution in [2.45, 2.75) is 4.90 Å². The van der Waals surface area contributed by atoms with Crippen molar-refractivity contribution in [2.24, 2.45) is 0 Å². The van der Waals surface area contributed by atoms with E-state index in [1.54, 1.807) is 18.2 Å². The second-order valence-corrected chi connectivity index (χ2v) is 7.13. The first-order valence-corrected chi connectivity index (χ1v) is 8.63. The zero-order valence-corrected chi connectivity index (χ0v) is 14.1. The highest BCUT2D eigenvalue weighted by Crippen LogP contribution is 2.31. The molecule has 0 aliphatic heterocycles. The van der Waals surface area contributed by atoms with Crippen molar-refractivity contribution in [1.82, 2.24) is 9.97 Å². The van der Waals surface area contributed by atoms with Gasteiger partial charge in [-0.25, -0.2) is 13.4 Å². The first-order valence-electron chi connectivity index (χ1n) is 6.40. The minimum atomic E-state index is -3.84. The summed E-state index contributed by atoms with van der Waals surface area (Å²) in [5.41, 5.74) is 0.819. The molecule has 6 nitrogen and oxygen atoms in total. The maximum atomic E-state index is 12.6. The van der Waals surface area contributed by atoms with Crippen LogP contribution in [0.1, 0.15) is 0 Å². The molecule has 0 fully saturated rings. The van der Waals surface area contributed by atoms with Crippen LogP contribution in [0.5, 0.6) is 5.75 Å². The minimum absolute atomic E-state index is 0.0983. The smallest absolute Gasteiger partial charge is 0.264 e. The fraction of sp³-hybridized carbons (Fsp3) is 0.0714. The van der Waals surface area contributed by atoms with Gasteiger partial charge in [-0.1, -0.05) is 23.2 Å². The minimum Gasteiger partial charge on any atom is -0.494 e. The van der Waals surface area contributed by atoms with Gasteiger partial charge < -0.3 is 9.72 Å². The predicted octanol–water partition coefficient (Wildman–Crippen LogP) is 3.68. The number of aromatic amines is 1. The Balaban J connectivity index is 2.04. The van der Waals surface area contributed by atoms with E-state index in [1.165, 1.54) is 25.6 Å². The molecule has 2 heterocycles. The zero-order valence-electron chi connectivity index (χ0n) is 11.8. The van der Waals surface area contributed by atoms with E-state index in [0.717, 1.165) is 0 Å². The van der Waals surface area contributed by atoms with E-state index in [9.17, 15) is 8.42 Å². The Bertz CT molecular complexity index is 986. The highest BCUT2D eigenvalue weighted by Gasteiger charge is 2.21. The highest BCUT2D eigenvalue weighted by atomic mass is 35.5. The molecule has 9 heteroatoms. The maximum absolute atomic E-state index is 12.6. The molecule has 23 heavy (non-hydrogen) atoms. The van der Waals surface area contributed by atoms with E-state index in [-0.39, 0.29) is 21.5 Å². The number of nitrogens with zero attached hydrogens (tertiary/aromatic N) is 1. The third-order valence-electron chi connectivity index (χ3n) is 3.19. The van der Waals surface area contributed by atoms with Gasteiger partial charge in [-0.2, -0.15) is 0 Å². The van der Waals surface area contributed by atoms with Crippen LogP contribution in [0.15, 0.2) is 41.6 Å². The molecule has 3 aromatic rings. The molecule has 0 spiro atoms. The molecule has 0 atom stereocenters. The standard InChI is InChI=1S/C14H11Cl2N3O3S/c1-22-12-5-14(16)18-6-11(12)19-23(20,21)13-7-17-10-4-8(15)2-3-9(10)13/h2-7,17,19H,1H3. The molecule has 0 saturated carbocycles. The molecule has 0 aliphatic rings. The molecule has 0 radical (unpaired) electrons. The maximum Gasteiger partial charge on any atom is 0.264 e. The first-order chi connectivity index (χ1) is 10.9. The summed E-state index contributed by atoms with van der Waals surface area (Å²) in [6.07, 6.45) is 2.70. The summed E-state index contributed by atoms with van der Waals surface area (Å²) in [5.74, 6) is 0.275. The number of fused-ring (bicyclic) bond motifs is 1. The van der Waals surface area contributed by atoms with E-state index in [0.29, 0.717) is 15.9 Å². The lowest BCUT2D eigenvalue weighted by Crippen LogP contribution is -2.13. The van der Waals surface area contributed by atoms with Crippen molar-refractivity contribution in [1.29, 1.82) is 0 Å². The average Bonchev–Trinajstić information content (AvgIpc) is 2.92. The van der Waals surface area contributed by atoms with E-state index >= 15 is 0 Å². The van der Waals surface area contributed by atoms with E-state index in [1.807, 2.05) is 0 Å². The van der Waals surface area contributed by atoms with Crippen LogP contribution < -0.4 is 9.46 Å². The van der Waals surface area contributed by atoms with Gasteiger partial charge in [-0.15, -0.1) is 0 Å². The Labute approximate surface area is 142 Å². The molecule has 1 aromatic carbocycles. The van der Waals surface area contributed by atoms with E-state index in [2.05, 4.69) is 14.7 Å². The van der Waals surface area contributed by atoms with Gasteiger partial charge in [0.15, 0.2) is 0 Å². The van der Waals surface area contributed by atoms with Gasteiger partial charge in [0.2, 0.25) is 0 Å². The largest absolute Gasteiger partial charge is 0.494 e. The van der Waals surface area contributed by atoms with Crippen LogP contribution in [-0.2, 0) is 10.0 Å². The summed E-state index contributed by atoms with van der Waals surface area (Å²) < 4.78 is 32.8. The number of methoxy groups -OCH3 is 1. The molecule has 3 rings (SSSR count). The number of H-pyrrole nitrogens is 1. The third-order valence-corrected chi connectivity index (χ3v) is 5.04. The molecule has 0 amide bonds. The molecule has 0 aliphatic carbocycles. The van der Waals surface area contributed by atoms with Crippen LogP contribution in [-0.4, -0.2) is 25.5 Å². The normalized spacial score (nSPS) is 11.6. The second-order valence-electron chi connectivity index (χ2n) is 4.66. The molecular formula is C14H11Cl2N3O3S. The average molecular weight is 372 g/mol. The van der Waals surface area contributed by atoms with Crippen molar-refractivity contribution in [3.8, 4) is 5.75 Å². The fourth-order valence-corrected chi connectivity index (χ4v) is 3.71. The van der Waals surface area contributed by atoms with Crippen LogP contribution >= 0.6 is 23.2 Å². The van der Waals surface area contributed by atoms with Gasteiger partial charge in [0.25, 0.3) is 10.0 Å². The first kappa shape index (κ1) is 15.9. The van der Waals surface area contributed by atoms with Gasteiger partial charge in [0.05, 0.1) is 13.3 Å². The number of anilines is 1. The number of hydrogen-bond acceptors (Lipinski definition) is 4. The Morgan fingerprint density at radius 1 is 1.26 bits per heavy atom. The number of benzene rings is 1. The Morgan fingerprint density at radius 2 is 2.04 bits per heavy atom. The van der Waals surface area contributed by atoms with Crippen molar-refractivity contribution >= 4 is 49.8 Å².